The lowest BCUT2D eigenvalue weighted by molar-refractivity contribution is -0.116. The first kappa shape index (κ1) is 20.2. The van der Waals surface area contributed by atoms with E-state index in [-0.39, 0.29) is 11.4 Å². The molecule has 1 amide bonds. The van der Waals surface area contributed by atoms with Gasteiger partial charge in [0.2, 0.25) is 15.9 Å². The highest BCUT2D eigenvalue weighted by atomic mass is 35.5. The van der Waals surface area contributed by atoms with Crippen molar-refractivity contribution in [2.45, 2.75) is 18.7 Å². The zero-order valence-corrected chi connectivity index (χ0v) is 16.6. The zero-order chi connectivity index (χ0) is 19.5. The number of hydrogen-bond donors (Lipinski definition) is 1. The van der Waals surface area contributed by atoms with Crippen LogP contribution in [0.2, 0.25) is 5.02 Å². The molecule has 0 heterocycles. The van der Waals surface area contributed by atoms with Crippen LogP contribution in [0.3, 0.4) is 0 Å². The average molecular weight is 397 g/mol. The van der Waals surface area contributed by atoms with Gasteiger partial charge in [-0.1, -0.05) is 17.7 Å². The topological polar surface area (TPSA) is 75.7 Å². The number of anilines is 1. The van der Waals surface area contributed by atoms with Crippen molar-refractivity contribution < 1.29 is 17.9 Å². The molecule has 1 N–H and O–H groups in total. The first-order valence-electron chi connectivity index (χ1n) is 7.82. The molecule has 26 heavy (non-hydrogen) atoms. The minimum atomic E-state index is -3.81. The minimum absolute atomic E-state index is 0.117. The average Bonchev–Trinajstić information content (AvgIpc) is 2.54. The molecule has 0 spiro atoms. The molecule has 0 fully saturated rings. The van der Waals surface area contributed by atoms with Gasteiger partial charge in [0, 0.05) is 17.8 Å². The van der Waals surface area contributed by atoms with Gasteiger partial charge in [0.05, 0.1) is 18.6 Å². The van der Waals surface area contributed by atoms with Crippen molar-refractivity contribution in [1.82, 2.24) is 4.31 Å². The van der Waals surface area contributed by atoms with Gasteiger partial charge in [-0.15, -0.1) is 0 Å². The van der Waals surface area contributed by atoms with Gasteiger partial charge in [-0.2, -0.15) is 4.31 Å². The van der Waals surface area contributed by atoms with Gasteiger partial charge in [-0.05, 0) is 55.3 Å². The summed E-state index contributed by atoms with van der Waals surface area (Å²) in [5.41, 5.74) is 1.93. The van der Waals surface area contributed by atoms with E-state index in [2.05, 4.69) is 5.32 Å². The normalized spacial score (nSPS) is 11.5. The third-order valence-electron chi connectivity index (χ3n) is 3.82. The number of aryl methyl sites for hydroxylation is 2. The number of amides is 1. The van der Waals surface area contributed by atoms with E-state index in [4.69, 9.17) is 16.3 Å². The number of sulfonamides is 1. The van der Waals surface area contributed by atoms with E-state index < -0.39 is 15.9 Å². The maximum atomic E-state index is 12.8. The van der Waals surface area contributed by atoms with E-state index in [0.717, 1.165) is 4.31 Å². The number of nitrogens with zero attached hydrogens (tertiary/aromatic N) is 1. The van der Waals surface area contributed by atoms with Crippen LogP contribution in [0, 0.1) is 13.8 Å². The Morgan fingerprint density at radius 1 is 1.19 bits per heavy atom. The summed E-state index contributed by atoms with van der Waals surface area (Å²) >= 11 is 5.87. The second kappa shape index (κ2) is 8.07. The molecule has 0 atom stereocenters. The van der Waals surface area contributed by atoms with Crippen LogP contribution >= 0.6 is 11.6 Å². The van der Waals surface area contributed by atoms with Gasteiger partial charge in [-0.3, -0.25) is 4.79 Å². The second-order valence-electron chi connectivity index (χ2n) is 5.91. The molecule has 0 aliphatic rings. The largest absolute Gasteiger partial charge is 0.496 e. The number of ether oxygens (including phenoxy) is 1. The van der Waals surface area contributed by atoms with E-state index in [9.17, 15) is 13.2 Å². The summed E-state index contributed by atoms with van der Waals surface area (Å²) in [6.07, 6.45) is 0. The molecule has 0 aliphatic heterocycles. The molecule has 0 bridgehead atoms. The molecule has 0 unspecified atom stereocenters. The molecular weight excluding hydrogens is 376 g/mol. The first-order chi connectivity index (χ1) is 12.1. The summed E-state index contributed by atoms with van der Waals surface area (Å²) in [7, 11) is -0.913. The molecule has 0 aliphatic carbocycles. The lowest BCUT2D eigenvalue weighted by Gasteiger charge is -2.18. The Balaban J connectivity index is 2.17. The van der Waals surface area contributed by atoms with Crippen LogP contribution in [0.5, 0.6) is 5.75 Å². The Morgan fingerprint density at radius 3 is 2.35 bits per heavy atom. The molecule has 2 aromatic rings. The Morgan fingerprint density at radius 2 is 1.81 bits per heavy atom. The van der Waals surface area contributed by atoms with E-state index in [1.807, 2.05) is 0 Å². The molecule has 0 radical (unpaired) electrons. The fraction of sp³-hybridized carbons (Fsp3) is 0.278. The van der Waals surface area contributed by atoms with Crippen molar-refractivity contribution in [3.63, 3.8) is 0 Å². The van der Waals surface area contributed by atoms with Gasteiger partial charge in [0.15, 0.2) is 0 Å². The van der Waals surface area contributed by atoms with Crippen LogP contribution in [0.15, 0.2) is 41.3 Å². The number of methoxy groups -OCH3 is 1. The van der Waals surface area contributed by atoms with Gasteiger partial charge < -0.3 is 10.1 Å². The summed E-state index contributed by atoms with van der Waals surface area (Å²) in [6, 6.07) is 9.71. The van der Waals surface area contributed by atoms with Crippen LogP contribution in [0.1, 0.15) is 11.1 Å². The van der Waals surface area contributed by atoms with E-state index in [1.54, 1.807) is 38.1 Å². The van der Waals surface area contributed by atoms with Crippen molar-refractivity contribution >= 4 is 33.2 Å². The molecule has 2 aromatic carbocycles. The van der Waals surface area contributed by atoms with Gasteiger partial charge in [-0.25, -0.2) is 8.42 Å². The number of rotatable bonds is 6. The molecule has 8 heteroatoms. The van der Waals surface area contributed by atoms with E-state index in [1.165, 1.54) is 26.3 Å². The fourth-order valence-corrected chi connectivity index (χ4v) is 4.10. The van der Waals surface area contributed by atoms with Crippen molar-refractivity contribution in [2.75, 3.05) is 26.0 Å². The second-order valence-corrected chi connectivity index (χ2v) is 8.39. The van der Waals surface area contributed by atoms with Crippen LogP contribution < -0.4 is 10.1 Å². The summed E-state index contributed by atoms with van der Waals surface area (Å²) in [4.78, 5) is 12.3. The van der Waals surface area contributed by atoms with Crippen molar-refractivity contribution in [1.29, 1.82) is 0 Å². The number of halogens is 1. The van der Waals surface area contributed by atoms with Crippen molar-refractivity contribution in [3.05, 3.63) is 52.5 Å². The molecule has 0 aromatic heterocycles. The highest BCUT2D eigenvalue weighted by Crippen LogP contribution is 2.27. The van der Waals surface area contributed by atoms with Crippen LogP contribution in [-0.4, -0.2) is 39.3 Å². The Kier molecular flexibility index (Phi) is 6.28. The quantitative estimate of drug-likeness (QED) is 0.813. The summed E-state index contributed by atoms with van der Waals surface area (Å²) in [5.74, 6) is 0.186. The monoisotopic (exact) mass is 396 g/mol. The number of benzene rings is 2. The van der Waals surface area contributed by atoms with Gasteiger partial charge >= 0.3 is 0 Å². The highest BCUT2D eigenvalue weighted by Gasteiger charge is 2.24. The predicted molar refractivity (Wildman–Crippen MR) is 102 cm³/mol. The molecule has 2 rings (SSSR count). The molecule has 140 valence electrons. The smallest absolute Gasteiger partial charge is 0.243 e. The van der Waals surface area contributed by atoms with Crippen LogP contribution in [0.25, 0.3) is 0 Å². The van der Waals surface area contributed by atoms with E-state index in [0.29, 0.717) is 27.6 Å². The highest BCUT2D eigenvalue weighted by molar-refractivity contribution is 7.89. The lowest BCUT2D eigenvalue weighted by Crippen LogP contribution is -2.35. The Bertz CT molecular complexity index is 906. The summed E-state index contributed by atoms with van der Waals surface area (Å²) < 4.78 is 31.8. The maximum absolute atomic E-state index is 12.8. The number of carbonyl (C=O) groups excluding carboxylic acids is 1. The summed E-state index contributed by atoms with van der Waals surface area (Å²) in [5, 5.41) is 3.11. The Labute approximate surface area is 158 Å². The molecule has 0 saturated carbocycles. The minimum Gasteiger partial charge on any atom is -0.496 e. The molecule has 6 nitrogen and oxygen atoms in total. The predicted octanol–water partition coefficient (Wildman–Crippen LogP) is 3.22. The Hall–Kier alpha value is -2.09. The summed E-state index contributed by atoms with van der Waals surface area (Å²) in [6.45, 7) is 3.23. The number of carbonyl (C=O) groups is 1. The molecule has 0 saturated heterocycles. The number of nitrogens with one attached hydrogen (secondary N) is 1. The SMILES string of the molecule is COc1c(C)cc(S(=O)(=O)N(C)CC(=O)Nc2cccc(Cl)c2)cc1C. The van der Waals surface area contributed by atoms with Crippen molar-refractivity contribution in [2.24, 2.45) is 0 Å². The van der Waals surface area contributed by atoms with Crippen molar-refractivity contribution in [3.8, 4) is 5.75 Å². The van der Waals surface area contributed by atoms with Crippen LogP contribution in [-0.2, 0) is 14.8 Å². The maximum Gasteiger partial charge on any atom is 0.243 e. The van der Waals surface area contributed by atoms with Crippen LogP contribution in [0.4, 0.5) is 5.69 Å². The number of hydrogen-bond acceptors (Lipinski definition) is 4. The third-order valence-corrected chi connectivity index (χ3v) is 5.84. The first-order valence-corrected chi connectivity index (χ1v) is 9.64. The fourth-order valence-electron chi connectivity index (χ4n) is 2.62. The molecular formula is C18H21ClN2O4S. The zero-order valence-electron chi connectivity index (χ0n) is 15.0. The standard InChI is InChI=1S/C18H21ClN2O4S/c1-12-8-16(9-13(2)18(12)25-4)26(23,24)21(3)11-17(22)20-15-7-5-6-14(19)10-15/h5-10H,11H2,1-4H3,(H,20,22). The van der Waals surface area contributed by atoms with E-state index >= 15 is 0 Å². The number of likely N-dealkylation sites (N-methyl/N-ethyl adjacent to an activating group) is 1. The van der Waals surface area contributed by atoms with Gasteiger partial charge in [0.1, 0.15) is 5.75 Å². The lowest BCUT2D eigenvalue weighted by atomic mass is 10.1. The third kappa shape index (κ3) is 4.55. The van der Waals surface area contributed by atoms with Gasteiger partial charge in [0.25, 0.3) is 0 Å².